The molecule has 0 aliphatic rings. The van der Waals surface area contributed by atoms with Gasteiger partial charge in [0.05, 0.1) is 10.5 Å². The molecule has 0 saturated carbocycles. The lowest BCUT2D eigenvalue weighted by atomic mass is 10.1. The summed E-state index contributed by atoms with van der Waals surface area (Å²) >= 11 is 1.66. The highest BCUT2D eigenvalue weighted by Crippen LogP contribution is 2.38. The zero-order chi connectivity index (χ0) is 14.7. The van der Waals surface area contributed by atoms with Crippen molar-refractivity contribution in [3.8, 4) is 0 Å². The van der Waals surface area contributed by atoms with Crippen molar-refractivity contribution in [3.05, 3.63) is 23.5 Å². The molecular weight excluding hydrogens is 276 g/mol. The van der Waals surface area contributed by atoms with Gasteiger partial charge in [0.2, 0.25) is 17.7 Å². The van der Waals surface area contributed by atoms with Gasteiger partial charge in [-0.25, -0.2) is 0 Å². The molecule has 0 unspecified atom stereocenters. The second kappa shape index (κ2) is 6.39. The summed E-state index contributed by atoms with van der Waals surface area (Å²) in [6, 6.07) is 0. The standard InChI is InChI=1S/C13H20N4O2S/c1-7(2)6-11-15-16-13(18-11)9(4)20-8(3)12-14-10(5)17-19-12/h7-9H,6H2,1-5H3/t8-,9-/m0/s1. The quantitative estimate of drug-likeness (QED) is 0.807. The van der Waals surface area contributed by atoms with Crippen molar-refractivity contribution in [2.45, 2.75) is 51.5 Å². The molecule has 110 valence electrons. The van der Waals surface area contributed by atoms with Crippen LogP contribution < -0.4 is 0 Å². The second-order valence-electron chi connectivity index (χ2n) is 5.23. The average molecular weight is 296 g/mol. The Labute approximate surface area is 122 Å². The van der Waals surface area contributed by atoms with Gasteiger partial charge >= 0.3 is 0 Å². The molecule has 20 heavy (non-hydrogen) atoms. The van der Waals surface area contributed by atoms with Crippen molar-refractivity contribution in [3.63, 3.8) is 0 Å². The Morgan fingerprint density at radius 2 is 1.75 bits per heavy atom. The Morgan fingerprint density at radius 3 is 2.35 bits per heavy atom. The van der Waals surface area contributed by atoms with E-state index in [2.05, 4.69) is 34.2 Å². The lowest BCUT2D eigenvalue weighted by Crippen LogP contribution is -1.95. The average Bonchev–Trinajstić information content (AvgIpc) is 2.97. The zero-order valence-electron chi connectivity index (χ0n) is 12.5. The first-order chi connectivity index (χ1) is 9.45. The fourth-order valence-corrected chi connectivity index (χ4v) is 2.80. The maximum Gasteiger partial charge on any atom is 0.239 e. The van der Waals surface area contributed by atoms with Crippen LogP contribution in [0.5, 0.6) is 0 Å². The number of nitrogens with zero attached hydrogens (tertiary/aromatic N) is 4. The normalized spacial score (nSPS) is 14.7. The summed E-state index contributed by atoms with van der Waals surface area (Å²) in [5.41, 5.74) is 0. The fraction of sp³-hybridized carbons (Fsp3) is 0.692. The van der Waals surface area contributed by atoms with Crippen LogP contribution in [0, 0.1) is 12.8 Å². The van der Waals surface area contributed by atoms with Crippen molar-refractivity contribution in [1.29, 1.82) is 0 Å². The van der Waals surface area contributed by atoms with E-state index in [4.69, 9.17) is 8.94 Å². The summed E-state index contributed by atoms with van der Waals surface area (Å²) in [5.74, 6) is 3.13. The number of rotatable bonds is 6. The molecule has 2 atom stereocenters. The van der Waals surface area contributed by atoms with E-state index in [0.29, 0.717) is 29.4 Å². The summed E-state index contributed by atoms with van der Waals surface area (Å²) in [6.45, 7) is 10.1. The van der Waals surface area contributed by atoms with Crippen molar-refractivity contribution in [1.82, 2.24) is 20.3 Å². The molecule has 2 heterocycles. The molecular formula is C13H20N4O2S. The molecule has 0 aromatic carbocycles. The molecule has 0 N–H and O–H groups in total. The van der Waals surface area contributed by atoms with E-state index < -0.39 is 0 Å². The Bertz CT molecular complexity index is 552. The first-order valence-corrected chi connectivity index (χ1v) is 7.68. The monoisotopic (exact) mass is 296 g/mol. The third kappa shape index (κ3) is 3.82. The highest BCUT2D eigenvalue weighted by Gasteiger charge is 2.21. The van der Waals surface area contributed by atoms with E-state index in [0.717, 1.165) is 6.42 Å². The lowest BCUT2D eigenvalue weighted by Gasteiger charge is -2.10. The molecule has 0 radical (unpaired) electrons. The van der Waals surface area contributed by atoms with Crippen LogP contribution in [0.15, 0.2) is 8.94 Å². The number of hydrogen-bond donors (Lipinski definition) is 0. The van der Waals surface area contributed by atoms with Crippen LogP contribution >= 0.6 is 11.8 Å². The summed E-state index contributed by atoms with van der Waals surface area (Å²) in [7, 11) is 0. The van der Waals surface area contributed by atoms with Crippen LogP contribution in [0.25, 0.3) is 0 Å². The van der Waals surface area contributed by atoms with E-state index in [1.54, 1.807) is 11.8 Å². The molecule has 0 fully saturated rings. The van der Waals surface area contributed by atoms with Crippen molar-refractivity contribution < 1.29 is 8.94 Å². The second-order valence-corrected chi connectivity index (χ2v) is 6.92. The minimum atomic E-state index is 0.0885. The smallest absolute Gasteiger partial charge is 0.239 e. The van der Waals surface area contributed by atoms with E-state index in [9.17, 15) is 0 Å². The van der Waals surface area contributed by atoms with Crippen LogP contribution in [0.1, 0.15) is 61.7 Å². The van der Waals surface area contributed by atoms with Gasteiger partial charge in [0.1, 0.15) is 0 Å². The van der Waals surface area contributed by atoms with Gasteiger partial charge in [0.15, 0.2) is 5.82 Å². The predicted molar refractivity (Wildman–Crippen MR) is 76.3 cm³/mol. The maximum atomic E-state index is 5.69. The molecule has 0 saturated heterocycles. The molecule has 6 nitrogen and oxygen atoms in total. The minimum absolute atomic E-state index is 0.0885. The third-order valence-electron chi connectivity index (χ3n) is 2.71. The van der Waals surface area contributed by atoms with Crippen molar-refractivity contribution in [2.75, 3.05) is 0 Å². The van der Waals surface area contributed by atoms with Crippen LogP contribution in [-0.4, -0.2) is 20.3 Å². The van der Waals surface area contributed by atoms with E-state index in [1.165, 1.54) is 0 Å². The third-order valence-corrected chi connectivity index (χ3v) is 3.93. The SMILES string of the molecule is Cc1noc([C@H](C)S[C@@H](C)c2nnc(CC(C)C)o2)n1. The molecule has 2 aromatic rings. The molecule has 2 rings (SSSR count). The zero-order valence-corrected chi connectivity index (χ0v) is 13.3. The van der Waals surface area contributed by atoms with Crippen LogP contribution in [-0.2, 0) is 6.42 Å². The lowest BCUT2D eigenvalue weighted by molar-refractivity contribution is 0.376. The van der Waals surface area contributed by atoms with Gasteiger partial charge in [-0.15, -0.1) is 22.0 Å². The number of aromatic nitrogens is 4. The summed E-state index contributed by atoms with van der Waals surface area (Å²) in [6.07, 6.45) is 0.808. The fourth-order valence-electron chi connectivity index (χ4n) is 1.76. The van der Waals surface area contributed by atoms with E-state index in [1.807, 2.05) is 20.8 Å². The Hall–Kier alpha value is -1.37. The molecule has 7 heteroatoms. The van der Waals surface area contributed by atoms with Gasteiger partial charge in [-0.3, -0.25) is 0 Å². The molecule has 0 aliphatic heterocycles. The van der Waals surface area contributed by atoms with Crippen LogP contribution in [0.4, 0.5) is 0 Å². The minimum Gasteiger partial charge on any atom is -0.424 e. The van der Waals surface area contributed by atoms with Crippen LogP contribution in [0.2, 0.25) is 0 Å². The summed E-state index contributed by atoms with van der Waals surface area (Å²) in [4.78, 5) is 4.24. The van der Waals surface area contributed by atoms with Gasteiger partial charge in [0, 0.05) is 6.42 Å². The first-order valence-electron chi connectivity index (χ1n) is 6.73. The number of thioether (sulfide) groups is 1. The molecule has 0 bridgehead atoms. The highest BCUT2D eigenvalue weighted by atomic mass is 32.2. The summed E-state index contributed by atoms with van der Waals surface area (Å²) in [5, 5.41) is 12.2. The van der Waals surface area contributed by atoms with Gasteiger partial charge in [0.25, 0.3) is 0 Å². The highest BCUT2D eigenvalue weighted by molar-refractivity contribution is 7.99. The predicted octanol–water partition coefficient (Wildman–Crippen LogP) is 3.51. The Balaban J connectivity index is 1.97. The van der Waals surface area contributed by atoms with Gasteiger partial charge in [-0.1, -0.05) is 19.0 Å². The molecule has 0 amide bonds. The summed E-state index contributed by atoms with van der Waals surface area (Å²) < 4.78 is 10.9. The van der Waals surface area contributed by atoms with Gasteiger partial charge in [-0.2, -0.15) is 4.98 Å². The van der Waals surface area contributed by atoms with Gasteiger partial charge in [-0.05, 0) is 26.7 Å². The topological polar surface area (TPSA) is 77.8 Å². The largest absolute Gasteiger partial charge is 0.424 e. The first kappa shape index (κ1) is 15.0. The van der Waals surface area contributed by atoms with E-state index in [-0.39, 0.29) is 10.5 Å². The molecule has 0 aliphatic carbocycles. The Morgan fingerprint density at radius 1 is 1.05 bits per heavy atom. The van der Waals surface area contributed by atoms with Crippen LogP contribution in [0.3, 0.4) is 0 Å². The van der Waals surface area contributed by atoms with Gasteiger partial charge < -0.3 is 8.94 Å². The maximum absolute atomic E-state index is 5.69. The Kier molecular flexibility index (Phi) is 4.80. The number of aryl methyl sites for hydroxylation is 1. The number of hydrogen-bond acceptors (Lipinski definition) is 7. The molecule has 2 aromatic heterocycles. The van der Waals surface area contributed by atoms with E-state index >= 15 is 0 Å². The van der Waals surface area contributed by atoms with Crippen molar-refractivity contribution >= 4 is 11.8 Å². The van der Waals surface area contributed by atoms with Crippen molar-refractivity contribution in [2.24, 2.45) is 5.92 Å². The molecule has 0 spiro atoms.